The largest absolute Gasteiger partial charge is 0.323 e. The fourth-order valence-electron chi connectivity index (χ4n) is 1.70. The van der Waals surface area contributed by atoms with Gasteiger partial charge in [0, 0.05) is 6.42 Å². The minimum Gasteiger partial charge on any atom is -0.323 e. The Morgan fingerprint density at radius 3 is 2.73 bits per heavy atom. The van der Waals surface area contributed by atoms with Gasteiger partial charge in [0.05, 0.1) is 5.71 Å². The highest BCUT2D eigenvalue weighted by Gasteiger charge is 2.08. The van der Waals surface area contributed by atoms with Crippen LogP contribution in [0.3, 0.4) is 0 Å². The Labute approximate surface area is 89.8 Å². The average molecular weight is 198 g/mol. The zero-order valence-corrected chi connectivity index (χ0v) is 8.56. The Balaban J connectivity index is 2.18. The molecular weight excluding hydrogens is 184 g/mol. The highest BCUT2D eigenvalue weighted by Crippen LogP contribution is 2.15. The molecule has 0 saturated carbocycles. The van der Waals surface area contributed by atoms with Crippen LogP contribution in [0.2, 0.25) is 0 Å². The van der Waals surface area contributed by atoms with E-state index in [0.29, 0.717) is 0 Å². The van der Waals surface area contributed by atoms with Crippen molar-refractivity contribution in [3.8, 4) is 0 Å². The van der Waals surface area contributed by atoms with Crippen LogP contribution in [0.1, 0.15) is 12.0 Å². The van der Waals surface area contributed by atoms with Crippen molar-refractivity contribution in [2.24, 2.45) is 10.9 Å². The first-order chi connectivity index (χ1) is 7.40. The molecule has 0 aromatic heterocycles. The summed E-state index contributed by atoms with van der Waals surface area (Å²) >= 11 is 0. The molecule has 0 fully saturated rings. The second-order valence-corrected chi connectivity index (χ2v) is 3.56. The minimum absolute atomic E-state index is 0.842. The van der Waals surface area contributed by atoms with E-state index in [1.54, 1.807) is 0 Å². The summed E-state index contributed by atoms with van der Waals surface area (Å²) in [7, 11) is 0. The van der Waals surface area contributed by atoms with Crippen LogP contribution in [-0.2, 0) is 6.42 Å². The van der Waals surface area contributed by atoms with Crippen molar-refractivity contribution in [2.45, 2.75) is 12.8 Å². The van der Waals surface area contributed by atoms with Gasteiger partial charge in [0.25, 0.3) is 0 Å². The van der Waals surface area contributed by atoms with E-state index in [0.717, 1.165) is 18.6 Å². The van der Waals surface area contributed by atoms with Crippen molar-refractivity contribution < 1.29 is 0 Å². The molecule has 2 nitrogen and oxygen atoms in total. The number of hydrazone groups is 1. The van der Waals surface area contributed by atoms with E-state index in [2.05, 4.69) is 35.5 Å². The Kier molecular flexibility index (Phi) is 2.98. The molecular formula is C13H14N2. The molecule has 1 aliphatic rings. The van der Waals surface area contributed by atoms with Crippen LogP contribution in [-0.4, -0.2) is 5.71 Å². The lowest BCUT2D eigenvalue weighted by Crippen LogP contribution is -2.09. The second kappa shape index (κ2) is 4.60. The summed E-state index contributed by atoms with van der Waals surface area (Å²) in [6.07, 6.45) is 7.96. The Morgan fingerprint density at radius 2 is 2.00 bits per heavy atom. The van der Waals surface area contributed by atoms with E-state index >= 15 is 0 Å². The van der Waals surface area contributed by atoms with Crippen molar-refractivity contribution in [3.63, 3.8) is 0 Å². The summed E-state index contributed by atoms with van der Waals surface area (Å²) in [5.74, 6) is 5.36. The maximum absolute atomic E-state index is 5.36. The van der Waals surface area contributed by atoms with Crippen LogP contribution in [0, 0.1) is 0 Å². The van der Waals surface area contributed by atoms with Crippen molar-refractivity contribution in [2.75, 3.05) is 0 Å². The molecule has 2 heteroatoms. The highest BCUT2D eigenvalue weighted by molar-refractivity contribution is 6.02. The van der Waals surface area contributed by atoms with Gasteiger partial charge < -0.3 is 5.84 Å². The number of nitrogens with zero attached hydrogens (tertiary/aromatic N) is 1. The molecule has 0 saturated heterocycles. The lowest BCUT2D eigenvalue weighted by atomic mass is 9.96. The van der Waals surface area contributed by atoms with Crippen molar-refractivity contribution in [1.29, 1.82) is 0 Å². The lowest BCUT2D eigenvalue weighted by Gasteiger charge is -2.11. The van der Waals surface area contributed by atoms with Crippen molar-refractivity contribution in [3.05, 3.63) is 59.7 Å². The van der Waals surface area contributed by atoms with E-state index in [1.165, 1.54) is 11.1 Å². The molecule has 0 atom stereocenters. The maximum atomic E-state index is 5.36. The molecule has 2 rings (SSSR count). The Morgan fingerprint density at radius 1 is 1.20 bits per heavy atom. The van der Waals surface area contributed by atoms with Crippen LogP contribution >= 0.6 is 0 Å². The molecule has 0 spiro atoms. The highest BCUT2D eigenvalue weighted by atomic mass is 15.1. The first kappa shape index (κ1) is 9.71. The fraction of sp³-hybridized carbons (Fsp3) is 0.154. The van der Waals surface area contributed by atoms with Crippen LogP contribution in [0.4, 0.5) is 0 Å². The fourth-order valence-corrected chi connectivity index (χ4v) is 1.70. The van der Waals surface area contributed by atoms with E-state index in [1.807, 2.05) is 18.2 Å². The van der Waals surface area contributed by atoms with Crippen LogP contribution < -0.4 is 5.84 Å². The molecule has 76 valence electrons. The standard InChI is InChI=1S/C13H14N2/c14-15-13-9-5-4-8-12(13)10-11-6-2-1-3-7-11/h1-8H,9-10,14H2. The van der Waals surface area contributed by atoms with Gasteiger partial charge >= 0.3 is 0 Å². The number of benzene rings is 1. The summed E-state index contributed by atoms with van der Waals surface area (Å²) in [6, 6.07) is 10.4. The third-order valence-corrected chi connectivity index (χ3v) is 2.51. The van der Waals surface area contributed by atoms with E-state index in [-0.39, 0.29) is 0 Å². The van der Waals surface area contributed by atoms with Gasteiger partial charge in [0.15, 0.2) is 0 Å². The number of allylic oxidation sites excluding steroid dienone is 4. The van der Waals surface area contributed by atoms with Gasteiger partial charge in [-0.05, 0) is 17.6 Å². The van der Waals surface area contributed by atoms with E-state index in [4.69, 9.17) is 5.84 Å². The smallest absolute Gasteiger partial charge is 0.0673 e. The molecule has 2 N–H and O–H groups in total. The molecule has 0 heterocycles. The molecule has 1 aromatic rings. The molecule has 15 heavy (non-hydrogen) atoms. The van der Waals surface area contributed by atoms with Crippen LogP contribution in [0.5, 0.6) is 0 Å². The Hall–Kier alpha value is -1.83. The quantitative estimate of drug-likeness (QED) is 0.575. The summed E-state index contributed by atoms with van der Waals surface area (Å²) < 4.78 is 0. The number of rotatable bonds is 2. The number of nitrogens with two attached hydrogens (primary N) is 1. The van der Waals surface area contributed by atoms with Gasteiger partial charge in [0.1, 0.15) is 0 Å². The summed E-state index contributed by atoms with van der Waals surface area (Å²) in [5.41, 5.74) is 3.49. The third-order valence-electron chi connectivity index (χ3n) is 2.51. The summed E-state index contributed by atoms with van der Waals surface area (Å²) in [4.78, 5) is 0. The van der Waals surface area contributed by atoms with Gasteiger partial charge in [-0.15, -0.1) is 0 Å². The van der Waals surface area contributed by atoms with E-state index < -0.39 is 0 Å². The summed E-state index contributed by atoms with van der Waals surface area (Å²) in [6.45, 7) is 0. The number of hydrogen-bond donors (Lipinski definition) is 1. The molecule has 0 bridgehead atoms. The predicted octanol–water partition coefficient (Wildman–Crippen LogP) is 2.43. The van der Waals surface area contributed by atoms with Gasteiger partial charge in [-0.2, -0.15) is 5.10 Å². The Bertz CT molecular complexity index is 413. The number of hydrogen-bond acceptors (Lipinski definition) is 2. The molecule has 0 amide bonds. The zero-order chi connectivity index (χ0) is 10.5. The first-order valence-corrected chi connectivity index (χ1v) is 5.07. The van der Waals surface area contributed by atoms with Crippen molar-refractivity contribution >= 4 is 5.71 Å². The van der Waals surface area contributed by atoms with Gasteiger partial charge in [-0.3, -0.25) is 0 Å². The summed E-state index contributed by atoms with van der Waals surface area (Å²) in [5, 5.41) is 3.82. The van der Waals surface area contributed by atoms with Gasteiger partial charge in [-0.1, -0.05) is 48.6 Å². The lowest BCUT2D eigenvalue weighted by molar-refractivity contribution is 1.14. The topological polar surface area (TPSA) is 38.4 Å². The first-order valence-electron chi connectivity index (χ1n) is 5.07. The molecule has 1 aliphatic carbocycles. The molecule has 0 aliphatic heterocycles. The van der Waals surface area contributed by atoms with Crippen LogP contribution in [0.25, 0.3) is 0 Å². The zero-order valence-electron chi connectivity index (χ0n) is 8.56. The van der Waals surface area contributed by atoms with Crippen molar-refractivity contribution in [1.82, 2.24) is 0 Å². The van der Waals surface area contributed by atoms with Gasteiger partial charge in [0.2, 0.25) is 0 Å². The van der Waals surface area contributed by atoms with E-state index in [9.17, 15) is 0 Å². The third kappa shape index (κ3) is 2.34. The average Bonchev–Trinajstić information content (AvgIpc) is 2.31. The molecule has 0 unspecified atom stereocenters. The normalized spacial score (nSPS) is 17.9. The minimum atomic E-state index is 0.842. The molecule has 0 radical (unpaired) electrons. The maximum Gasteiger partial charge on any atom is 0.0673 e. The second-order valence-electron chi connectivity index (χ2n) is 3.56. The monoisotopic (exact) mass is 198 g/mol. The van der Waals surface area contributed by atoms with Gasteiger partial charge in [-0.25, -0.2) is 0 Å². The molecule has 1 aromatic carbocycles. The predicted molar refractivity (Wildman–Crippen MR) is 63.6 cm³/mol. The van der Waals surface area contributed by atoms with Crippen LogP contribution in [0.15, 0.2) is 59.2 Å². The SMILES string of the molecule is NN=C1CC=CC=C1Cc1ccccc1.